The van der Waals surface area contributed by atoms with Gasteiger partial charge in [-0.25, -0.2) is 0 Å². The molecule has 0 aliphatic rings. The molecule has 84 valence electrons. The molecule has 0 radical (unpaired) electrons. The molecule has 0 saturated carbocycles. The number of carbonyl (C=O) groups excluding carboxylic acids is 2. The molecule has 0 atom stereocenters. The van der Waals surface area contributed by atoms with E-state index < -0.39 is 0 Å². The Morgan fingerprint density at radius 2 is 1.20 bits per heavy atom. The van der Waals surface area contributed by atoms with E-state index in [1.165, 1.54) is 13.8 Å². The van der Waals surface area contributed by atoms with Crippen LogP contribution in [0.3, 0.4) is 0 Å². The zero-order valence-electron chi connectivity index (χ0n) is 8.94. The Kier molecular flexibility index (Phi) is 10.3. The fourth-order valence-electron chi connectivity index (χ4n) is 0.453. The van der Waals surface area contributed by atoms with Crippen molar-refractivity contribution < 1.29 is 9.59 Å². The van der Waals surface area contributed by atoms with Crippen LogP contribution in [0.4, 0.5) is 5.69 Å². The first-order valence-corrected chi connectivity index (χ1v) is 4.18. The van der Waals surface area contributed by atoms with E-state index in [1.54, 1.807) is 0 Å². The lowest BCUT2D eigenvalue weighted by atomic mass is 10.3. The summed E-state index contributed by atoms with van der Waals surface area (Å²) in [5.74, 6) is -0.667. The Morgan fingerprint density at radius 3 is 1.33 bits per heavy atom. The second-order valence-electron chi connectivity index (χ2n) is 2.63. The number of primary amides is 2. The van der Waals surface area contributed by atoms with Gasteiger partial charge < -0.3 is 17.2 Å². The first kappa shape index (κ1) is 15.4. The maximum atomic E-state index is 9.22. The van der Waals surface area contributed by atoms with E-state index in [9.17, 15) is 9.59 Å². The summed E-state index contributed by atoms with van der Waals surface area (Å²) in [6.45, 7) is 2.61. The number of rotatable bonds is 0. The summed E-state index contributed by atoms with van der Waals surface area (Å²) in [5.41, 5.74) is 15.1. The predicted molar refractivity (Wildman–Crippen MR) is 60.6 cm³/mol. The van der Waals surface area contributed by atoms with Crippen molar-refractivity contribution in [2.45, 2.75) is 13.8 Å². The van der Waals surface area contributed by atoms with Gasteiger partial charge in [0.1, 0.15) is 0 Å². The van der Waals surface area contributed by atoms with E-state index in [2.05, 4.69) is 11.5 Å². The standard InChI is InChI=1S/C6H7N.2C2H5NO/c7-6-4-2-1-3-5-6;2*1-2(3)4/h1-5H,7H2;2*1H3,(H2,3,4). The van der Waals surface area contributed by atoms with Crippen LogP contribution in [-0.2, 0) is 9.59 Å². The van der Waals surface area contributed by atoms with Crippen LogP contribution in [0, 0.1) is 0 Å². The second-order valence-corrected chi connectivity index (χ2v) is 2.63. The Labute approximate surface area is 89.2 Å². The molecule has 0 unspecified atom stereocenters. The average molecular weight is 211 g/mol. The number of nitrogen functional groups attached to an aromatic ring is 1. The largest absolute Gasteiger partial charge is 0.399 e. The average Bonchev–Trinajstić information content (AvgIpc) is 2.03. The smallest absolute Gasteiger partial charge is 0.214 e. The number of benzene rings is 1. The minimum absolute atomic E-state index is 0.333. The zero-order chi connectivity index (χ0) is 12.3. The number of para-hydroxylation sites is 1. The van der Waals surface area contributed by atoms with Crippen LogP contribution in [-0.4, -0.2) is 11.8 Å². The number of carbonyl (C=O) groups is 2. The van der Waals surface area contributed by atoms with Gasteiger partial charge in [0, 0.05) is 19.5 Å². The van der Waals surface area contributed by atoms with Crippen molar-refractivity contribution in [3.63, 3.8) is 0 Å². The molecule has 0 aliphatic carbocycles. The maximum absolute atomic E-state index is 9.22. The highest BCUT2D eigenvalue weighted by atomic mass is 16.1. The van der Waals surface area contributed by atoms with Crippen LogP contribution in [0.5, 0.6) is 0 Å². The van der Waals surface area contributed by atoms with Crippen molar-refractivity contribution in [1.29, 1.82) is 0 Å². The molecule has 0 fully saturated rings. The van der Waals surface area contributed by atoms with Gasteiger partial charge in [-0.05, 0) is 12.1 Å². The molecule has 5 nitrogen and oxygen atoms in total. The van der Waals surface area contributed by atoms with Crippen molar-refractivity contribution >= 4 is 17.5 Å². The lowest BCUT2D eigenvalue weighted by molar-refractivity contribution is -0.116. The second kappa shape index (κ2) is 10.0. The van der Waals surface area contributed by atoms with E-state index in [0.717, 1.165) is 5.69 Å². The maximum Gasteiger partial charge on any atom is 0.214 e. The molecule has 0 spiro atoms. The molecule has 0 saturated heterocycles. The quantitative estimate of drug-likeness (QED) is 0.534. The predicted octanol–water partition coefficient (Wildman–Crippen LogP) is 0.252. The van der Waals surface area contributed by atoms with Gasteiger partial charge in [-0.15, -0.1) is 0 Å². The van der Waals surface area contributed by atoms with Crippen LogP contribution in [0.1, 0.15) is 13.8 Å². The van der Waals surface area contributed by atoms with Crippen LogP contribution in [0.15, 0.2) is 30.3 Å². The molecular formula is C10H17N3O2. The van der Waals surface area contributed by atoms with Crippen molar-refractivity contribution in [3.05, 3.63) is 30.3 Å². The molecule has 1 rings (SSSR count). The summed E-state index contributed by atoms with van der Waals surface area (Å²) >= 11 is 0. The van der Waals surface area contributed by atoms with E-state index in [-0.39, 0.29) is 11.8 Å². The molecule has 0 aromatic heterocycles. The van der Waals surface area contributed by atoms with Crippen LogP contribution in [0.25, 0.3) is 0 Å². The molecule has 1 aromatic rings. The monoisotopic (exact) mass is 211 g/mol. The number of nitrogens with two attached hydrogens (primary N) is 3. The van der Waals surface area contributed by atoms with Crippen LogP contribution < -0.4 is 17.2 Å². The minimum Gasteiger partial charge on any atom is -0.399 e. The third kappa shape index (κ3) is 33.4. The van der Waals surface area contributed by atoms with Crippen molar-refractivity contribution in [3.8, 4) is 0 Å². The molecule has 0 bridgehead atoms. The topological polar surface area (TPSA) is 112 Å². The molecule has 2 amide bonds. The molecule has 1 aromatic carbocycles. The van der Waals surface area contributed by atoms with Gasteiger partial charge in [-0.2, -0.15) is 0 Å². The third-order valence-corrected chi connectivity index (χ3v) is 0.800. The summed E-state index contributed by atoms with van der Waals surface area (Å²) in [5, 5.41) is 0. The first-order chi connectivity index (χ1) is 6.86. The highest BCUT2D eigenvalue weighted by Gasteiger charge is 1.72. The fraction of sp³-hybridized carbons (Fsp3) is 0.200. The summed E-state index contributed by atoms with van der Waals surface area (Å²) in [4.78, 5) is 18.4. The Bertz CT molecular complexity index is 266. The van der Waals surface area contributed by atoms with Gasteiger partial charge in [0.2, 0.25) is 11.8 Å². The lowest BCUT2D eigenvalue weighted by Crippen LogP contribution is -2.01. The minimum atomic E-state index is -0.333. The van der Waals surface area contributed by atoms with Gasteiger partial charge >= 0.3 is 0 Å². The number of hydrogen-bond donors (Lipinski definition) is 3. The molecule has 15 heavy (non-hydrogen) atoms. The highest BCUT2D eigenvalue weighted by molar-refractivity contribution is 5.70. The van der Waals surface area contributed by atoms with E-state index in [0.29, 0.717) is 0 Å². The summed E-state index contributed by atoms with van der Waals surface area (Å²) < 4.78 is 0. The normalized spacial score (nSPS) is 7.33. The van der Waals surface area contributed by atoms with Gasteiger partial charge in [0.25, 0.3) is 0 Å². The summed E-state index contributed by atoms with van der Waals surface area (Å²) in [6.07, 6.45) is 0. The van der Waals surface area contributed by atoms with E-state index in [1.807, 2.05) is 30.3 Å². The molecule has 0 aliphatic heterocycles. The zero-order valence-corrected chi connectivity index (χ0v) is 8.94. The third-order valence-electron chi connectivity index (χ3n) is 0.800. The Balaban J connectivity index is 0. The van der Waals surface area contributed by atoms with Gasteiger partial charge in [0.15, 0.2) is 0 Å². The van der Waals surface area contributed by atoms with E-state index in [4.69, 9.17) is 5.73 Å². The fourth-order valence-corrected chi connectivity index (χ4v) is 0.453. The molecule has 5 heteroatoms. The Morgan fingerprint density at radius 1 is 0.933 bits per heavy atom. The van der Waals surface area contributed by atoms with Gasteiger partial charge in [0.05, 0.1) is 0 Å². The SMILES string of the molecule is CC(N)=O.CC(N)=O.Nc1ccccc1. The van der Waals surface area contributed by atoms with Crippen molar-refractivity contribution in [2.75, 3.05) is 5.73 Å². The van der Waals surface area contributed by atoms with Gasteiger partial charge in [-0.1, -0.05) is 18.2 Å². The van der Waals surface area contributed by atoms with Crippen molar-refractivity contribution in [1.82, 2.24) is 0 Å². The number of anilines is 1. The first-order valence-electron chi connectivity index (χ1n) is 4.18. The highest BCUT2D eigenvalue weighted by Crippen LogP contribution is 1.95. The van der Waals surface area contributed by atoms with Gasteiger partial charge in [-0.3, -0.25) is 9.59 Å². The number of amides is 2. The molecule has 0 heterocycles. The Hall–Kier alpha value is -2.04. The summed E-state index contributed by atoms with van der Waals surface area (Å²) in [6, 6.07) is 9.49. The summed E-state index contributed by atoms with van der Waals surface area (Å²) in [7, 11) is 0. The molecular weight excluding hydrogens is 194 g/mol. The number of hydrogen-bond acceptors (Lipinski definition) is 3. The van der Waals surface area contributed by atoms with Crippen LogP contribution >= 0.6 is 0 Å². The lowest BCUT2D eigenvalue weighted by Gasteiger charge is -1.83. The van der Waals surface area contributed by atoms with Crippen LogP contribution in [0.2, 0.25) is 0 Å². The molecule has 6 N–H and O–H groups in total. The van der Waals surface area contributed by atoms with E-state index >= 15 is 0 Å². The van der Waals surface area contributed by atoms with Crippen molar-refractivity contribution in [2.24, 2.45) is 11.5 Å².